The fraction of sp³-hybridized carbons (Fsp3) is 0.320. The molecule has 2 aromatic rings. The van der Waals surface area contributed by atoms with Crippen molar-refractivity contribution in [2.24, 2.45) is 5.10 Å². The molecule has 0 aromatic heterocycles. The molecule has 0 radical (unpaired) electrons. The minimum atomic E-state index is -0.559. The lowest BCUT2D eigenvalue weighted by atomic mass is 10.1. The number of esters is 1. The lowest BCUT2D eigenvalue weighted by molar-refractivity contribution is -0.135. The number of rotatable bonds is 10. The van der Waals surface area contributed by atoms with Crippen molar-refractivity contribution in [3.8, 4) is 0 Å². The smallest absolute Gasteiger partial charge is 0.407 e. The molecule has 2 N–H and O–H groups in total. The molecule has 10 heteroatoms. The molecule has 2 heterocycles. The molecule has 182 valence electrons. The van der Waals surface area contributed by atoms with Crippen molar-refractivity contribution in [2.45, 2.75) is 32.2 Å². The standard InChI is InChI=1S/C25H26N4O6/c1-2-34-24(32)21(8-5-13-29-22(30)19-6-3-4-7-20(19)23(29)31)28-27-17-11-9-16(10-12-17)14-18-15-35-25(33)26-18/h3-4,6-7,9-12,18,27H,2,5,8,13-15H2,1H3,(H,26,33)/b28-21-/t18-/m0/s1. The topological polar surface area (TPSA) is 126 Å². The minimum absolute atomic E-state index is 0.0584. The van der Waals surface area contributed by atoms with Crippen LogP contribution in [0.5, 0.6) is 0 Å². The number of ether oxygens (including phenoxy) is 2. The first-order valence-electron chi connectivity index (χ1n) is 11.4. The molecule has 0 unspecified atom stereocenters. The molecule has 35 heavy (non-hydrogen) atoms. The summed E-state index contributed by atoms with van der Waals surface area (Å²) in [7, 11) is 0. The van der Waals surface area contributed by atoms with E-state index in [1.165, 1.54) is 4.90 Å². The van der Waals surface area contributed by atoms with Gasteiger partial charge in [-0.3, -0.25) is 19.9 Å². The van der Waals surface area contributed by atoms with Crippen LogP contribution in [0.4, 0.5) is 10.5 Å². The van der Waals surface area contributed by atoms with Crippen LogP contribution in [0.15, 0.2) is 53.6 Å². The van der Waals surface area contributed by atoms with E-state index in [0.717, 1.165) is 5.56 Å². The van der Waals surface area contributed by atoms with Crippen LogP contribution in [0.3, 0.4) is 0 Å². The lowest BCUT2D eigenvalue weighted by Gasteiger charge is -2.14. The number of benzene rings is 2. The minimum Gasteiger partial charge on any atom is -0.461 e. The molecule has 10 nitrogen and oxygen atoms in total. The molecule has 1 fully saturated rings. The Morgan fingerprint density at radius 2 is 1.80 bits per heavy atom. The monoisotopic (exact) mass is 478 g/mol. The molecular weight excluding hydrogens is 452 g/mol. The van der Waals surface area contributed by atoms with Crippen molar-refractivity contribution in [3.05, 3.63) is 65.2 Å². The maximum absolute atomic E-state index is 12.5. The zero-order valence-corrected chi connectivity index (χ0v) is 19.3. The van der Waals surface area contributed by atoms with Gasteiger partial charge in [0.05, 0.1) is 29.5 Å². The predicted molar refractivity (Wildman–Crippen MR) is 127 cm³/mol. The highest BCUT2D eigenvalue weighted by Gasteiger charge is 2.34. The van der Waals surface area contributed by atoms with Gasteiger partial charge < -0.3 is 14.8 Å². The van der Waals surface area contributed by atoms with Crippen LogP contribution in [0.2, 0.25) is 0 Å². The first-order chi connectivity index (χ1) is 17.0. The number of cyclic esters (lactones) is 1. The van der Waals surface area contributed by atoms with Gasteiger partial charge in [0.2, 0.25) is 0 Å². The normalized spacial score (nSPS) is 17.2. The van der Waals surface area contributed by atoms with Crippen molar-refractivity contribution in [1.82, 2.24) is 10.2 Å². The number of hydrogen-bond donors (Lipinski definition) is 2. The van der Waals surface area contributed by atoms with E-state index >= 15 is 0 Å². The lowest BCUT2D eigenvalue weighted by Crippen LogP contribution is -2.31. The Kier molecular flexibility index (Phi) is 7.39. The second-order valence-corrected chi connectivity index (χ2v) is 8.14. The highest BCUT2D eigenvalue weighted by Crippen LogP contribution is 2.22. The number of nitrogens with zero attached hydrogens (tertiary/aromatic N) is 2. The fourth-order valence-electron chi connectivity index (χ4n) is 3.93. The predicted octanol–water partition coefficient (Wildman–Crippen LogP) is 2.74. The summed E-state index contributed by atoms with van der Waals surface area (Å²) in [6.07, 6.45) is 0.816. The summed E-state index contributed by atoms with van der Waals surface area (Å²) >= 11 is 0. The zero-order valence-electron chi connectivity index (χ0n) is 19.3. The van der Waals surface area contributed by atoms with Crippen molar-refractivity contribution >= 4 is 35.3 Å². The van der Waals surface area contributed by atoms with Crippen LogP contribution in [-0.4, -0.2) is 60.3 Å². The van der Waals surface area contributed by atoms with E-state index in [2.05, 4.69) is 15.8 Å². The largest absolute Gasteiger partial charge is 0.461 e. The highest BCUT2D eigenvalue weighted by molar-refractivity contribution is 6.36. The first kappa shape index (κ1) is 23.9. The van der Waals surface area contributed by atoms with E-state index in [-0.39, 0.29) is 43.1 Å². The summed E-state index contributed by atoms with van der Waals surface area (Å²) in [4.78, 5) is 49.8. The van der Waals surface area contributed by atoms with Crippen LogP contribution in [0.25, 0.3) is 0 Å². The number of carbonyl (C=O) groups is 4. The second-order valence-electron chi connectivity index (χ2n) is 8.14. The number of fused-ring (bicyclic) bond motifs is 1. The van der Waals surface area contributed by atoms with Gasteiger partial charge >= 0.3 is 12.1 Å². The van der Waals surface area contributed by atoms with Crippen LogP contribution in [-0.2, 0) is 20.7 Å². The van der Waals surface area contributed by atoms with E-state index in [0.29, 0.717) is 36.3 Å². The average molecular weight is 479 g/mol. The average Bonchev–Trinajstić information content (AvgIpc) is 3.38. The van der Waals surface area contributed by atoms with Crippen molar-refractivity contribution in [2.75, 3.05) is 25.2 Å². The van der Waals surface area contributed by atoms with Crippen molar-refractivity contribution in [3.63, 3.8) is 0 Å². The third-order valence-corrected chi connectivity index (χ3v) is 5.68. The highest BCUT2D eigenvalue weighted by atomic mass is 16.6. The number of anilines is 1. The van der Waals surface area contributed by atoms with Gasteiger partial charge in [0, 0.05) is 13.0 Å². The maximum Gasteiger partial charge on any atom is 0.407 e. The number of imide groups is 1. The van der Waals surface area contributed by atoms with Gasteiger partial charge in [-0.15, -0.1) is 0 Å². The van der Waals surface area contributed by atoms with E-state index in [1.807, 2.05) is 24.3 Å². The fourth-order valence-corrected chi connectivity index (χ4v) is 3.93. The number of nitrogens with one attached hydrogen (secondary N) is 2. The van der Waals surface area contributed by atoms with Gasteiger partial charge in [-0.05, 0) is 49.6 Å². The van der Waals surface area contributed by atoms with Crippen molar-refractivity contribution in [1.29, 1.82) is 0 Å². The molecule has 0 aliphatic carbocycles. The molecule has 0 spiro atoms. The number of carbonyl (C=O) groups excluding carboxylic acids is 4. The number of hydrazone groups is 1. The SMILES string of the molecule is CCOC(=O)/C(CCCN1C(=O)c2ccccc2C1=O)=N\Nc1ccc(C[C@H]2COC(=O)N2)cc1. The first-order valence-corrected chi connectivity index (χ1v) is 11.4. The molecule has 4 rings (SSSR count). The number of alkyl carbamates (subject to hydrolysis) is 1. The summed E-state index contributed by atoms with van der Waals surface area (Å²) < 4.78 is 10.0. The van der Waals surface area contributed by atoms with E-state index in [1.54, 1.807) is 31.2 Å². The van der Waals surface area contributed by atoms with Gasteiger partial charge in [-0.25, -0.2) is 9.59 Å². The molecule has 3 amide bonds. The Balaban J connectivity index is 1.34. The molecule has 1 saturated heterocycles. The molecule has 0 saturated carbocycles. The summed E-state index contributed by atoms with van der Waals surface area (Å²) in [6, 6.07) is 14.1. The van der Waals surface area contributed by atoms with Crippen LogP contribution >= 0.6 is 0 Å². The van der Waals surface area contributed by atoms with Gasteiger partial charge in [-0.2, -0.15) is 5.10 Å². The summed E-state index contributed by atoms with van der Waals surface area (Å²) in [6.45, 7) is 2.41. The zero-order chi connectivity index (χ0) is 24.8. The van der Waals surface area contributed by atoms with E-state index < -0.39 is 12.1 Å². The van der Waals surface area contributed by atoms with Crippen LogP contribution in [0.1, 0.15) is 46.0 Å². The Morgan fingerprint density at radius 1 is 1.11 bits per heavy atom. The maximum atomic E-state index is 12.5. The van der Waals surface area contributed by atoms with Gasteiger partial charge in [0.1, 0.15) is 12.3 Å². The Labute approximate surface area is 202 Å². The molecule has 1 atom stereocenters. The third kappa shape index (κ3) is 5.65. The van der Waals surface area contributed by atoms with Crippen LogP contribution in [0, 0.1) is 0 Å². The van der Waals surface area contributed by atoms with E-state index in [9.17, 15) is 19.2 Å². The summed E-state index contributed by atoms with van der Waals surface area (Å²) in [5, 5.41) is 6.96. The molecule has 2 aliphatic rings. The van der Waals surface area contributed by atoms with Gasteiger partial charge in [-0.1, -0.05) is 24.3 Å². The second kappa shape index (κ2) is 10.8. The quantitative estimate of drug-likeness (QED) is 0.233. The molecule has 2 aromatic carbocycles. The van der Waals surface area contributed by atoms with Crippen molar-refractivity contribution < 1.29 is 28.7 Å². The Bertz CT molecular complexity index is 1130. The Hall–Kier alpha value is -4.21. The van der Waals surface area contributed by atoms with Gasteiger partial charge in [0.25, 0.3) is 11.8 Å². The molecule has 2 aliphatic heterocycles. The number of amides is 3. The summed E-state index contributed by atoms with van der Waals surface area (Å²) in [5.41, 5.74) is 5.50. The number of hydrogen-bond acceptors (Lipinski definition) is 8. The van der Waals surface area contributed by atoms with Crippen LogP contribution < -0.4 is 10.7 Å². The molecular formula is C25H26N4O6. The Morgan fingerprint density at radius 3 is 2.40 bits per heavy atom. The van der Waals surface area contributed by atoms with E-state index in [4.69, 9.17) is 9.47 Å². The van der Waals surface area contributed by atoms with Gasteiger partial charge in [0.15, 0.2) is 0 Å². The molecule has 0 bridgehead atoms. The summed E-state index contributed by atoms with van der Waals surface area (Å²) in [5.74, 6) is -1.22. The third-order valence-electron chi connectivity index (χ3n) is 5.68.